The molecule has 3 aliphatic heterocycles. The summed E-state index contributed by atoms with van der Waals surface area (Å²) in [5.74, 6) is -2.05. The summed E-state index contributed by atoms with van der Waals surface area (Å²) in [4.78, 5) is 54.3. The normalized spacial score (nSPS) is 30.6. The molecule has 0 bridgehead atoms. The first-order chi connectivity index (χ1) is 13.8. The smallest absolute Gasteiger partial charge is 0.307 e. The molecule has 0 radical (unpaired) electrons. The summed E-state index contributed by atoms with van der Waals surface area (Å²) >= 11 is 0. The number of methoxy groups -OCH3 is 1. The second-order valence-corrected chi connectivity index (χ2v) is 7.93. The van der Waals surface area contributed by atoms with Crippen molar-refractivity contribution in [2.75, 3.05) is 25.2 Å². The zero-order valence-corrected chi connectivity index (χ0v) is 16.7. The molecule has 154 valence electrons. The van der Waals surface area contributed by atoms with Crippen LogP contribution in [0.25, 0.3) is 0 Å². The zero-order chi connectivity index (χ0) is 20.9. The first-order valence-corrected chi connectivity index (χ1v) is 9.72. The molecule has 3 saturated heterocycles. The summed E-state index contributed by atoms with van der Waals surface area (Å²) in [7, 11) is 1.53. The van der Waals surface area contributed by atoms with Crippen molar-refractivity contribution >= 4 is 29.3 Å². The fourth-order valence-electron chi connectivity index (χ4n) is 5.09. The van der Waals surface area contributed by atoms with Crippen LogP contribution in [0.1, 0.15) is 25.3 Å². The molecule has 0 saturated carbocycles. The molecule has 3 fully saturated rings. The van der Waals surface area contributed by atoms with Gasteiger partial charge in [-0.25, -0.2) is 0 Å². The highest BCUT2D eigenvalue weighted by Crippen LogP contribution is 2.54. The average molecular weight is 400 g/mol. The van der Waals surface area contributed by atoms with Gasteiger partial charge in [0.05, 0.1) is 25.0 Å². The first-order valence-electron chi connectivity index (χ1n) is 9.72. The van der Waals surface area contributed by atoms with Gasteiger partial charge >= 0.3 is 5.97 Å². The number of hydrogen-bond donors (Lipinski definition) is 0. The zero-order valence-electron chi connectivity index (χ0n) is 16.7. The van der Waals surface area contributed by atoms with Gasteiger partial charge in [0.2, 0.25) is 5.91 Å². The molecule has 0 unspecified atom stereocenters. The molecule has 0 N–H and O–H groups in total. The van der Waals surface area contributed by atoms with Crippen molar-refractivity contribution in [2.24, 2.45) is 5.92 Å². The summed E-state index contributed by atoms with van der Waals surface area (Å²) in [6, 6.07) is 5.64. The Morgan fingerprint density at radius 2 is 1.97 bits per heavy atom. The monoisotopic (exact) mass is 400 g/mol. The standard InChI is InChI=1S/C21H24N2O6/c1-12-6-4-5-7-15(12)23-18-20(27)22(8-9-28-3)16(10-13(2)24)21(18)14(19(23)26)11-17(25)29-21/h4-7,14,16,18H,8-11H2,1-3H3/t14-,16+,18-,21-/m0/s1. The molecule has 0 aromatic heterocycles. The maximum atomic E-state index is 13.5. The van der Waals surface area contributed by atoms with Gasteiger partial charge in [0, 0.05) is 25.8 Å². The maximum Gasteiger partial charge on any atom is 0.307 e. The van der Waals surface area contributed by atoms with E-state index in [4.69, 9.17) is 9.47 Å². The molecule has 1 aromatic rings. The minimum absolute atomic E-state index is 0.0185. The van der Waals surface area contributed by atoms with Crippen LogP contribution >= 0.6 is 0 Å². The highest BCUT2D eigenvalue weighted by Gasteiger charge is 2.77. The number of benzene rings is 1. The Balaban J connectivity index is 1.87. The van der Waals surface area contributed by atoms with Crippen LogP contribution in [0, 0.1) is 12.8 Å². The number of para-hydroxylation sites is 1. The summed E-state index contributed by atoms with van der Waals surface area (Å²) in [5, 5.41) is 0. The van der Waals surface area contributed by atoms with E-state index in [1.807, 2.05) is 19.1 Å². The molecule has 3 aliphatic rings. The van der Waals surface area contributed by atoms with Crippen molar-refractivity contribution in [3.8, 4) is 0 Å². The van der Waals surface area contributed by atoms with Crippen molar-refractivity contribution in [3.05, 3.63) is 29.8 Å². The Bertz CT molecular complexity index is 899. The lowest BCUT2D eigenvalue weighted by Crippen LogP contribution is -2.53. The topological polar surface area (TPSA) is 93.2 Å². The number of ketones is 1. The average Bonchev–Trinajstić information content (AvgIpc) is 3.20. The Labute approximate surface area is 168 Å². The Kier molecular flexibility index (Phi) is 4.69. The molecule has 4 rings (SSSR count). The van der Waals surface area contributed by atoms with E-state index >= 15 is 0 Å². The molecule has 0 aliphatic carbocycles. The molecule has 3 heterocycles. The van der Waals surface area contributed by atoms with Crippen molar-refractivity contribution in [1.82, 2.24) is 4.90 Å². The molecule has 1 spiro atoms. The highest BCUT2D eigenvalue weighted by atomic mass is 16.6. The van der Waals surface area contributed by atoms with Crippen molar-refractivity contribution in [2.45, 2.75) is 44.4 Å². The van der Waals surface area contributed by atoms with Crippen LogP contribution in [0.15, 0.2) is 24.3 Å². The Hall–Kier alpha value is -2.74. The van der Waals surface area contributed by atoms with Crippen LogP contribution < -0.4 is 4.90 Å². The number of nitrogens with zero attached hydrogens (tertiary/aromatic N) is 2. The lowest BCUT2D eigenvalue weighted by atomic mass is 9.80. The SMILES string of the molecule is COCCN1C(=O)[C@@H]2N(c3ccccc3C)C(=O)[C@@H]3CC(=O)O[C@@]23[C@H]1CC(C)=O. The first kappa shape index (κ1) is 19.6. The number of esters is 1. The van der Waals surface area contributed by atoms with Gasteiger partial charge in [-0.1, -0.05) is 18.2 Å². The number of hydrogen-bond acceptors (Lipinski definition) is 6. The van der Waals surface area contributed by atoms with E-state index in [9.17, 15) is 19.2 Å². The lowest BCUT2D eigenvalue weighted by Gasteiger charge is -2.34. The van der Waals surface area contributed by atoms with Crippen molar-refractivity contribution < 1.29 is 28.7 Å². The van der Waals surface area contributed by atoms with Gasteiger partial charge < -0.3 is 14.4 Å². The van der Waals surface area contributed by atoms with E-state index in [1.54, 1.807) is 17.0 Å². The number of carbonyl (C=O) groups is 4. The molecule has 2 amide bonds. The third kappa shape index (κ3) is 2.69. The van der Waals surface area contributed by atoms with Crippen LogP contribution in [-0.2, 0) is 28.7 Å². The minimum Gasteiger partial charge on any atom is -0.453 e. The fourth-order valence-corrected chi connectivity index (χ4v) is 5.09. The Morgan fingerprint density at radius 3 is 2.62 bits per heavy atom. The number of carbonyl (C=O) groups excluding carboxylic acids is 4. The summed E-state index contributed by atoms with van der Waals surface area (Å²) in [6.45, 7) is 3.83. The maximum absolute atomic E-state index is 13.5. The second kappa shape index (κ2) is 6.95. The van der Waals surface area contributed by atoms with Crippen LogP contribution in [0.5, 0.6) is 0 Å². The van der Waals surface area contributed by atoms with E-state index in [0.29, 0.717) is 5.69 Å². The highest BCUT2D eigenvalue weighted by molar-refractivity contribution is 6.12. The van der Waals surface area contributed by atoms with Crippen LogP contribution in [-0.4, -0.2) is 66.4 Å². The van der Waals surface area contributed by atoms with E-state index in [0.717, 1.165) is 5.56 Å². The molecular formula is C21H24N2O6. The van der Waals surface area contributed by atoms with Gasteiger partial charge in [0.15, 0.2) is 11.6 Å². The number of Topliss-reactive ketones (excluding diaryl/α,β-unsaturated/α-hetero) is 1. The van der Waals surface area contributed by atoms with Gasteiger partial charge in [-0.05, 0) is 25.5 Å². The number of ether oxygens (including phenoxy) is 2. The predicted octanol–water partition coefficient (Wildman–Crippen LogP) is 0.848. The number of aryl methyl sites for hydroxylation is 1. The van der Waals surface area contributed by atoms with Gasteiger partial charge in [0.25, 0.3) is 5.91 Å². The number of anilines is 1. The summed E-state index contributed by atoms with van der Waals surface area (Å²) in [5.41, 5.74) is 0.108. The number of rotatable bonds is 6. The summed E-state index contributed by atoms with van der Waals surface area (Å²) in [6.07, 6.45) is -0.0673. The number of amides is 2. The quantitative estimate of drug-likeness (QED) is 0.658. The lowest BCUT2D eigenvalue weighted by molar-refractivity contribution is -0.152. The summed E-state index contributed by atoms with van der Waals surface area (Å²) < 4.78 is 10.9. The molecule has 8 heteroatoms. The van der Waals surface area contributed by atoms with Crippen molar-refractivity contribution in [1.29, 1.82) is 0 Å². The Morgan fingerprint density at radius 1 is 1.24 bits per heavy atom. The molecule has 4 atom stereocenters. The van der Waals surface area contributed by atoms with Gasteiger partial charge in [-0.2, -0.15) is 0 Å². The van der Waals surface area contributed by atoms with E-state index < -0.39 is 29.6 Å². The second-order valence-electron chi connectivity index (χ2n) is 7.93. The van der Waals surface area contributed by atoms with Gasteiger partial charge in [0.1, 0.15) is 5.78 Å². The van der Waals surface area contributed by atoms with E-state index in [1.165, 1.54) is 18.9 Å². The van der Waals surface area contributed by atoms with Crippen molar-refractivity contribution in [3.63, 3.8) is 0 Å². The molecular weight excluding hydrogens is 376 g/mol. The van der Waals surface area contributed by atoms with E-state index in [2.05, 4.69) is 0 Å². The molecule has 8 nitrogen and oxygen atoms in total. The largest absolute Gasteiger partial charge is 0.453 e. The third-order valence-corrected chi connectivity index (χ3v) is 6.23. The molecule has 29 heavy (non-hydrogen) atoms. The van der Waals surface area contributed by atoms with Crippen LogP contribution in [0.3, 0.4) is 0 Å². The van der Waals surface area contributed by atoms with Gasteiger partial charge in [-0.15, -0.1) is 0 Å². The van der Waals surface area contributed by atoms with Crippen LogP contribution in [0.2, 0.25) is 0 Å². The third-order valence-electron chi connectivity index (χ3n) is 6.23. The fraction of sp³-hybridized carbons (Fsp3) is 0.524. The predicted molar refractivity (Wildman–Crippen MR) is 102 cm³/mol. The molecule has 1 aromatic carbocycles. The minimum atomic E-state index is -1.35. The van der Waals surface area contributed by atoms with E-state index in [-0.39, 0.29) is 43.6 Å². The van der Waals surface area contributed by atoms with Crippen LogP contribution in [0.4, 0.5) is 5.69 Å². The number of likely N-dealkylation sites (tertiary alicyclic amines) is 1. The van der Waals surface area contributed by atoms with Gasteiger partial charge in [-0.3, -0.25) is 24.1 Å².